The monoisotopic (exact) mass is 390 g/mol. The summed E-state index contributed by atoms with van der Waals surface area (Å²) in [6, 6.07) is 17.8. The van der Waals surface area contributed by atoms with E-state index in [0.29, 0.717) is 28.7 Å². The number of esters is 1. The molecule has 148 valence electrons. The Morgan fingerprint density at radius 1 is 0.931 bits per heavy atom. The summed E-state index contributed by atoms with van der Waals surface area (Å²) in [5, 5.41) is 13.9. The van der Waals surface area contributed by atoms with E-state index in [2.05, 4.69) is 34.7 Å². The van der Waals surface area contributed by atoms with E-state index < -0.39 is 5.97 Å². The zero-order valence-electron chi connectivity index (χ0n) is 16.5. The highest BCUT2D eigenvalue weighted by Gasteiger charge is 2.10. The molecule has 29 heavy (non-hydrogen) atoms. The fraction of sp³-hybridized carbons (Fsp3) is 0.182. The molecular weight excluding hydrogens is 368 g/mol. The van der Waals surface area contributed by atoms with Crippen LogP contribution in [-0.2, 0) is 4.74 Å². The van der Waals surface area contributed by atoms with Crippen LogP contribution < -0.4 is 10.6 Å². The van der Waals surface area contributed by atoms with Gasteiger partial charge in [-0.1, -0.05) is 32.0 Å². The number of nitrogens with one attached hydrogen (secondary N) is 2. The van der Waals surface area contributed by atoms with Gasteiger partial charge in [-0.15, -0.1) is 10.2 Å². The number of hydrogen-bond acceptors (Lipinski definition) is 6. The van der Waals surface area contributed by atoms with E-state index in [1.54, 1.807) is 36.4 Å². The maximum absolute atomic E-state index is 12.4. The predicted molar refractivity (Wildman–Crippen MR) is 112 cm³/mol. The second kappa shape index (κ2) is 8.97. The minimum atomic E-state index is -0.423. The molecule has 0 bridgehead atoms. The van der Waals surface area contributed by atoms with E-state index in [9.17, 15) is 9.59 Å². The van der Waals surface area contributed by atoms with Crippen molar-refractivity contribution < 1.29 is 14.3 Å². The second-order valence-electron chi connectivity index (χ2n) is 6.73. The third-order valence-corrected chi connectivity index (χ3v) is 4.29. The molecule has 3 rings (SSSR count). The van der Waals surface area contributed by atoms with Gasteiger partial charge in [-0.05, 0) is 53.9 Å². The number of aromatic nitrogens is 2. The van der Waals surface area contributed by atoms with E-state index in [-0.39, 0.29) is 11.6 Å². The van der Waals surface area contributed by atoms with Gasteiger partial charge in [0.15, 0.2) is 11.5 Å². The van der Waals surface area contributed by atoms with Crippen molar-refractivity contribution in [3.63, 3.8) is 0 Å². The van der Waals surface area contributed by atoms with Gasteiger partial charge in [0.05, 0.1) is 12.7 Å². The van der Waals surface area contributed by atoms with Gasteiger partial charge in [-0.25, -0.2) is 4.79 Å². The summed E-state index contributed by atoms with van der Waals surface area (Å²) in [4.78, 5) is 24.0. The lowest BCUT2D eigenvalue weighted by Crippen LogP contribution is -2.14. The van der Waals surface area contributed by atoms with Gasteiger partial charge in [0.25, 0.3) is 5.91 Å². The van der Waals surface area contributed by atoms with Crippen molar-refractivity contribution in [1.82, 2.24) is 10.2 Å². The van der Waals surface area contributed by atoms with Crippen molar-refractivity contribution in [2.45, 2.75) is 19.8 Å². The normalized spacial score (nSPS) is 10.5. The Morgan fingerprint density at radius 2 is 1.69 bits per heavy atom. The predicted octanol–water partition coefficient (Wildman–Crippen LogP) is 4.38. The molecule has 0 saturated carbocycles. The summed E-state index contributed by atoms with van der Waals surface area (Å²) in [7, 11) is 1.33. The highest BCUT2D eigenvalue weighted by atomic mass is 16.5. The van der Waals surface area contributed by atoms with Crippen LogP contribution in [0.25, 0.3) is 0 Å². The third-order valence-electron chi connectivity index (χ3n) is 4.29. The maximum Gasteiger partial charge on any atom is 0.337 e. The van der Waals surface area contributed by atoms with Crippen LogP contribution in [0.5, 0.6) is 0 Å². The Kier molecular flexibility index (Phi) is 6.19. The van der Waals surface area contributed by atoms with E-state index in [0.717, 1.165) is 0 Å². The largest absolute Gasteiger partial charge is 0.465 e. The number of rotatable bonds is 6. The number of methoxy groups -OCH3 is 1. The minimum absolute atomic E-state index is 0.201. The molecule has 1 amide bonds. The highest BCUT2D eigenvalue weighted by molar-refractivity contribution is 6.02. The van der Waals surface area contributed by atoms with Gasteiger partial charge in [0, 0.05) is 11.4 Å². The first-order valence-corrected chi connectivity index (χ1v) is 9.16. The molecule has 3 aromatic rings. The highest BCUT2D eigenvalue weighted by Crippen LogP contribution is 2.18. The molecule has 0 aliphatic carbocycles. The molecule has 0 aliphatic heterocycles. The standard InChI is InChI=1S/C22H22N4O3/c1-14(2)15-7-9-17(10-8-15)24-21(27)19-11-12-20(26-25-19)23-18-6-4-5-16(13-18)22(28)29-3/h4-14H,1-3H3,(H,23,26)(H,24,27). The quantitative estimate of drug-likeness (QED) is 0.607. The van der Waals surface area contributed by atoms with E-state index >= 15 is 0 Å². The van der Waals surface area contributed by atoms with Crippen molar-refractivity contribution in [2.75, 3.05) is 17.7 Å². The fourth-order valence-corrected chi connectivity index (χ4v) is 2.66. The van der Waals surface area contributed by atoms with Gasteiger partial charge in [-0.2, -0.15) is 0 Å². The van der Waals surface area contributed by atoms with E-state index in [4.69, 9.17) is 4.74 Å². The molecule has 2 aromatic carbocycles. The van der Waals surface area contributed by atoms with Crippen LogP contribution >= 0.6 is 0 Å². The molecule has 0 atom stereocenters. The number of anilines is 3. The maximum atomic E-state index is 12.4. The lowest BCUT2D eigenvalue weighted by atomic mass is 10.0. The van der Waals surface area contributed by atoms with Gasteiger partial charge in [-0.3, -0.25) is 4.79 Å². The zero-order chi connectivity index (χ0) is 20.8. The van der Waals surface area contributed by atoms with E-state index in [1.165, 1.54) is 12.7 Å². The van der Waals surface area contributed by atoms with Crippen molar-refractivity contribution in [3.05, 3.63) is 77.5 Å². The Hall–Kier alpha value is -3.74. The average Bonchev–Trinajstić information content (AvgIpc) is 2.74. The van der Waals surface area contributed by atoms with Crippen LogP contribution in [0.4, 0.5) is 17.2 Å². The summed E-state index contributed by atoms with van der Waals surface area (Å²) in [6.45, 7) is 4.23. The van der Waals surface area contributed by atoms with Crippen LogP contribution in [0.3, 0.4) is 0 Å². The van der Waals surface area contributed by atoms with Gasteiger partial charge in [0.1, 0.15) is 0 Å². The smallest absolute Gasteiger partial charge is 0.337 e. The molecule has 1 aromatic heterocycles. The Bertz CT molecular complexity index is 999. The molecule has 2 N–H and O–H groups in total. The second-order valence-corrected chi connectivity index (χ2v) is 6.73. The van der Waals surface area contributed by atoms with Crippen molar-refractivity contribution in [1.29, 1.82) is 0 Å². The molecule has 0 aliphatic rings. The van der Waals surface area contributed by atoms with Gasteiger partial charge < -0.3 is 15.4 Å². The summed E-state index contributed by atoms with van der Waals surface area (Å²) in [5.74, 6) is 0.117. The zero-order valence-corrected chi connectivity index (χ0v) is 16.5. The SMILES string of the molecule is COC(=O)c1cccc(Nc2ccc(C(=O)Nc3ccc(C(C)C)cc3)nn2)c1. The molecule has 0 fully saturated rings. The first-order chi connectivity index (χ1) is 14.0. The minimum Gasteiger partial charge on any atom is -0.465 e. The van der Waals surface area contributed by atoms with Gasteiger partial charge >= 0.3 is 5.97 Å². The van der Waals surface area contributed by atoms with Crippen LogP contribution in [0.15, 0.2) is 60.7 Å². The average molecular weight is 390 g/mol. The Balaban J connectivity index is 1.65. The number of carbonyl (C=O) groups is 2. The fourth-order valence-electron chi connectivity index (χ4n) is 2.66. The summed E-state index contributed by atoms with van der Waals surface area (Å²) in [5.41, 5.74) is 3.18. The molecule has 0 saturated heterocycles. The molecule has 0 radical (unpaired) electrons. The van der Waals surface area contributed by atoms with Crippen LogP contribution in [0.1, 0.15) is 46.2 Å². The lowest BCUT2D eigenvalue weighted by molar-refractivity contribution is 0.0600. The Morgan fingerprint density at radius 3 is 2.31 bits per heavy atom. The summed E-state index contributed by atoms with van der Waals surface area (Å²) >= 11 is 0. The number of nitrogens with zero attached hydrogens (tertiary/aromatic N) is 2. The summed E-state index contributed by atoms with van der Waals surface area (Å²) in [6.07, 6.45) is 0. The lowest BCUT2D eigenvalue weighted by Gasteiger charge is -2.09. The van der Waals surface area contributed by atoms with Gasteiger partial charge in [0.2, 0.25) is 0 Å². The van der Waals surface area contributed by atoms with Crippen molar-refractivity contribution >= 4 is 29.1 Å². The van der Waals surface area contributed by atoms with Crippen molar-refractivity contribution in [3.8, 4) is 0 Å². The molecular formula is C22H22N4O3. The number of amides is 1. The molecule has 0 spiro atoms. The topological polar surface area (TPSA) is 93.2 Å². The van der Waals surface area contributed by atoms with Crippen LogP contribution in [-0.4, -0.2) is 29.2 Å². The van der Waals surface area contributed by atoms with Crippen molar-refractivity contribution in [2.24, 2.45) is 0 Å². The first-order valence-electron chi connectivity index (χ1n) is 9.16. The molecule has 7 heteroatoms. The molecule has 0 unspecified atom stereocenters. The Labute approximate surface area is 169 Å². The summed E-state index contributed by atoms with van der Waals surface area (Å²) < 4.78 is 4.71. The molecule has 7 nitrogen and oxygen atoms in total. The number of benzene rings is 2. The number of ether oxygens (including phenoxy) is 1. The van der Waals surface area contributed by atoms with E-state index in [1.807, 2.05) is 24.3 Å². The van der Waals surface area contributed by atoms with Crippen LogP contribution in [0.2, 0.25) is 0 Å². The molecule has 1 heterocycles. The third kappa shape index (κ3) is 5.16. The first kappa shape index (κ1) is 20.0. The number of hydrogen-bond donors (Lipinski definition) is 2. The number of carbonyl (C=O) groups excluding carboxylic acids is 2. The van der Waals surface area contributed by atoms with Crippen LogP contribution in [0, 0.1) is 0 Å².